The molecule has 0 radical (unpaired) electrons. The Hall–Kier alpha value is -1.81. The predicted molar refractivity (Wildman–Crippen MR) is 76.3 cm³/mol. The first-order valence-corrected chi connectivity index (χ1v) is 6.54. The lowest BCUT2D eigenvalue weighted by atomic mass is 10.0. The van der Waals surface area contributed by atoms with Gasteiger partial charge in [0.2, 0.25) is 0 Å². The van der Waals surface area contributed by atoms with Gasteiger partial charge in [-0.1, -0.05) is 18.2 Å². The van der Waals surface area contributed by atoms with Gasteiger partial charge in [-0.2, -0.15) is 5.10 Å². The Bertz CT molecular complexity index is 534. The van der Waals surface area contributed by atoms with Crippen LogP contribution in [0.5, 0.6) is 5.75 Å². The molecular weight excluding hydrogens is 238 g/mol. The van der Waals surface area contributed by atoms with Crippen molar-refractivity contribution in [2.24, 2.45) is 7.05 Å². The van der Waals surface area contributed by atoms with E-state index in [1.807, 2.05) is 63.1 Å². The third-order valence-electron chi connectivity index (χ3n) is 2.91. The normalized spacial score (nSPS) is 12.7. The maximum absolute atomic E-state index is 5.88. The zero-order valence-electron chi connectivity index (χ0n) is 11.9. The van der Waals surface area contributed by atoms with Gasteiger partial charge in [-0.3, -0.25) is 4.68 Å². The van der Waals surface area contributed by atoms with Crippen molar-refractivity contribution in [1.29, 1.82) is 0 Å². The molecule has 0 spiro atoms. The molecule has 0 aliphatic rings. The van der Waals surface area contributed by atoms with Crippen molar-refractivity contribution in [3.8, 4) is 5.75 Å². The molecule has 2 aromatic rings. The second-order valence-electron chi connectivity index (χ2n) is 4.84. The second-order valence-corrected chi connectivity index (χ2v) is 4.84. The zero-order chi connectivity index (χ0) is 13.8. The largest absolute Gasteiger partial charge is 0.491 e. The Labute approximate surface area is 114 Å². The van der Waals surface area contributed by atoms with Gasteiger partial charge in [0.1, 0.15) is 5.75 Å². The van der Waals surface area contributed by atoms with E-state index in [1.165, 1.54) is 0 Å². The molecule has 4 nitrogen and oxygen atoms in total. The van der Waals surface area contributed by atoms with Crippen LogP contribution in [0.25, 0.3) is 0 Å². The summed E-state index contributed by atoms with van der Waals surface area (Å²) in [6.45, 7) is 4.07. The molecule has 0 saturated carbocycles. The van der Waals surface area contributed by atoms with Crippen molar-refractivity contribution in [1.82, 2.24) is 15.1 Å². The number of ether oxygens (including phenoxy) is 1. The summed E-state index contributed by atoms with van der Waals surface area (Å²) in [5.41, 5.74) is 2.10. The number of nitrogens with one attached hydrogen (secondary N) is 1. The molecule has 1 atom stereocenters. The molecule has 2 rings (SSSR count). The minimum Gasteiger partial charge on any atom is -0.491 e. The average Bonchev–Trinajstić information content (AvgIpc) is 2.78. The van der Waals surface area contributed by atoms with Crippen LogP contribution in [-0.4, -0.2) is 22.9 Å². The molecule has 0 saturated heterocycles. The molecule has 0 aliphatic carbocycles. The number of aromatic nitrogens is 2. The first kappa shape index (κ1) is 13.6. The molecule has 1 N–H and O–H groups in total. The highest BCUT2D eigenvalue weighted by Gasteiger charge is 2.19. The summed E-state index contributed by atoms with van der Waals surface area (Å²) in [5, 5.41) is 7.78. The van der Waals surface area contributed by atoms with Crippen molar-refractivity contribution >= 4 is 0 Å². The number of nitrogens with zero attached hydrogens (tertiary/aromatic N) is 2. The van der Waals surface area contributed by atoms with E-state index in [9.17, 15) is 0 Å². The Balaban J connectivity index is 2.38. The van der Waals surface area contributed by atoms with Crippen molar-refractivity contribution in [2.45, 2.75) is 26.0 Å². The molecule has 0 fully saturated rings. The maximum atomic E-state index is 5.88. The minimum absolute atomic E-state index is 0.0381. The van der Waals surface area contributed by atoms with Gasteiger partial charge in [-0.25, -0.2) is 0 Å². The van der Waals surface area contributed by atoms with Crippen LogP contribution in [0.3, 0.4) is 0 Å². The fraction of sp³-hybridized carbons (Fsp3) is 0.400. The van der Waals surface area contributed by atoms with Crippen molar-refractivity contribution in [3.63, 3.8) is 0 Å². The second kappa shape index (κ2) is 5.89. The minimum atomic E-state index is 0.0381. The lowest BCUT2D eigenvalue weighted by Crippen LogP contribution is -2.20. The number of rotatable bonds is 5. The van der Waals surface area contributed by atoms with Crippen LogP contribution in [0.4, 0.5) is 0 Å². The molecule has 4 heteroatoms. The van der Waals surface area contributed by atoms with Crippen molar-refractivity contribution in [2.75, 3.05) is 7.05 Å². The highest BCUT2D eigenvalue weighted by Crippen LogP contribution is 2.29. The van der Waals surface area contributed by atoms with Crippen LogP contribution < -0.4 is 10.1 Å². The highest BCUT2D eigenvalue weighted by atomic mass is 16.5. The maximum Gasteiger partial charge on any atom is 0.124 e. The Morgan fingerprint density at radius 1 is 1.21 bits per heavy atom. The summed E-state index contributed by atoms with van der Waals surface area (Å²) in [6, 6.07) is 10.2. The number of para-hydroxylation sites is 1. The van der Waals surface area contributed by atoms with E-state index in [0.717, 1.165) is 17.0 Å². The number of hydrogen-bond donors (Lipinski definition) is 1. The summed E-state index contributed by atoms with van der Waals surface area (Å²) in [6.07, 6.45) is 2.10. The van der Waals surface area contributed by atoms with Crippen LogP contribution in [0.1, 0.15) is 31.1 Å². The number of aryl methyl sites for hydroxylation is 1. The summed E-state index contributed by atoms with van der Waals surface area (Å²) in [4.78, 5) is 0. The molecule has 0 bridgehead atoms. The first-order chi connectivity index (χ1) is 9.11. The van der Waals surface area contributed by atoms with Gasteiger partial charge >= 0.3 is 0 Å². The summed E-state index contributed by atoms with van der Waals surface area (Å²) in [5.74, 6) is 0.905. The molecule has 19 heavy (non-hydrogen) atoms. The molecule has 102 valence electrons. The predicted octanol–water partition coefficient (Wildman–Crippen LogP) is 2.52. The van der Waals surface area contributed by atoms with Gasteiger partial charge in [-0.05, 0) is 33.0 Å². The van der Waals surface area contributed by atoms with Crippen LogP contribution in [0.15, 0.2) is 36.5 Å². The van der Waals surface area contributed by atoms with E-state index in [4.69, 9.17) is 4.74 Å². The Morgan fingerprint density at radius 3 is 2.53 bits per heavy atom. The third-order valence-corrected chi connectivity index (χ3v) is 2.91. The van der Waals surface area contributed by atoms with Crippen molar-refractivity contribution < 1.29 is 4.74 Å². The number of benzene rings is 1. The van der Waals surface area contributed by atoms with Gasteiger partial charge < -0.3 is 10.1 Å². The van der Waals surface area contributed by atoms with Gasteiger partial charge in [0.15, 0.2) is 0 Å². The van der Waals surface area contributed by atoms with Crippen LogP contribution in [0, 0.1) is 0 Å². The molecule has 1 aromatic heterocycles. The molecule has 1 unspecified atom stereocenters. The van der Waals surface area contributed by atoms with Crippen molar-refractivity contribution in [3.05, 3.63) is 47.8 Å². The Kier molecular flexibility index (Phi) is 4.22. The van der Waals surface area contributed by atoms with E-state index >= 15 is 0 Å². The van der Waals surface area contributed by atoms with Crippen LogP contribution in [0.2, 0.25) is 0 Å². The average molecular weight is 259 g/mol. The quantitative estimate of drug-likeness (QED) is 0.896. The lowest BCUT2D eigenvalue weighted by Gasteiger charge is -2.20. The lowest BCUT2D eigenvalue weighted by molar-refractivity contribution is 0.238. The molecule has 0 aliphatic heterocycles. The monoisotopic (exact) mass is 259 g/mol. The van der Waals surface area contributed by atoms with E-state index in [-0.39, 0.29) is 12.1 Å². The standard InChI is InChI=1S/C15H21N3O/c1-11(2)19-14-8-6-5-7-12(14)15(16-3)13-9-10-18(4)17-13/h5-11,15-16H,1-4H3. The van der Waals surface area contributed by atoms with E-state index in [2.05, 4.69) is 16.5 Å². The molecule has 1 heterocycles. The summed E-state index contributed by atoms with van der Waals surface area (Å²) < 4.78 is 7.69. The van der Waals surface area contributed by atoms with E-state index in [1.54, 1.807) is 0 Å². The van der Waals surface area contributed by atoms with Gasteiger partial charge in [-0.15, -0.1) is 0 Å². The number of hydrogen-bond acceptors (Lipinski definition) is 3. The van der Waals surface area contributed by atoms with E-state index in [0.29, 0.717) is 0 Å². The topological polar surface area (TPSA) is 39.1 Å². The van der Waals surface area contributed by atoms with E-state index < -0.39 is 0 Å². The SMILES string of the molecule is CNC(c1ccn(C)n1)c1ccccc1OC(C)C. The Morgan fingerprint density at radius 2 is 1.95 bits per heavy atom. The summed E-state index contributed by atoms with van der Waals surface area (Å²) in [7, 11) is 3.86. The molecule has 0 amide bonds. The molecule has 1 aromatic carbocycles. The van der Waals surface area contributed by atoms with Gasteiger partial charge in [0.05, 0.1) is 17.8 Å². The van der Waals surface area contributed by atoms with Gasteiger partial charge in [0, 0.05) is 18.8 Å². The zero-order valence-corrected chi connectivity index (χ0v) is 11.9. The van der Waals surface area contributed by atoms with Crippen LogP contribution in [-0.2, 0) is 7.05 Å². The third kappa shape index (κ3) is 3.15. The summed E-state index contributed by atoms with van der Waals surface area (Å²) >= 11 is 0. The smallest absolute Gasteiger partial charge is 0.124 e. The first-order valence-electron chi connectivity index (χ1n) is 6.54. The highest BCUT2D eigenvalue weighted by molar-refractivity contribution is 5.39. The van der Waals surface area contributed by atoms with Crippen LogP contribution >= 0.6 is 0 Å². The fourth-order valence-corrected chi connectivity index (χ4v) is 2.13. The fourth-order valence-electron chi connectivity index (χ4n) is 2.13. The van der Waals surface area contributed by atoms with Gasteiger partial charge in [0.25, 0.3) is 0 Å². The molecular formula is C15H21N3O.